The van der Waals surface area contributed by atoms with Crippen LogP contribution in [0.3, 0.4) is 0 Å². The van der Waals surface area contributed by atoms with Crippen LogP contribution in [0, 0.1) is 5.92 Å². The number of ether oxygens (including phenoxy) is 1. The third-order valence-corrected chi connectivity index (χ3v) is 6.25. The van der Waals surface area contributed by atoms with Crippen molar-refractivity contribution in [1.29, 1.82) is 0 Å². The SMILES string of the molecule is C=C(C)c1ccc(NC(=O)c2cccnc2NCc2ccnc(OCC3CCN(C)CC3)c2)cc1. The number of hydrogen-bond acceptors (Lipinski definition) is 6. The Morgan fingerprint density at radius 1 is 1.11 bits per heavy atom. The number of amides is 1. The number of aromatic nitrogens is 2. The van der Waals surface area contributed by atoms with Gasteiger partial charge in [0, 0.05) is 30.7 Å². The summed E-state index contributed by atoms with van der Waals surface area (Å²) in [6.07, 6.45) is 5.73. The molecule has 7 heteroatoms. The molecule has 0 radical (unpaired) electrons. The molecule has 7 nitrogen and oxygen atoms in total. The van der Waals surface area contributed by atoms with E-state index >= 15 is 0 Å². The fourth-order valence-corrected chi connectivity index (χ4v) is 4.02. The van der Waals surface area contributed by atoms with Gasteiger partial charge in [-0.1, -0.05) is 24.3 Å². The second-order valence-corrected chi connectivity index (χ2v) is 9.12. The number of pyridine rings is 2. The fourth-order valence-electron chi connectivity index (χ4n) is 4.02. The number of benzene rings is 1. The lowest BCUT2D eigenvalue weighted by Crippen LogP contribution is -2.32. The molecule has 0 aliphatic carbocycles. The van der Waals surface area contributed by atoms with Crippen molar-refractivity contribution in [1.82, 2.24) is 14.9 Å². The maximum atomic E-state index is 12.9. The average molecular weight is 472 g/mol. The Bertz CT molecular complexity index is 1150. The lowest BCUT2D eigenvalue weighted by atomic mass is 9.98. The van der Waals surface area contributed by atoms with Gasteiger partial charge in [-0.05, 0) is 87.3 Å². The van der Waals surface area contributed by atoms with Crippen LogP contribution in [-0.4, -0.2) is 47.5 Å². The van der Waals surface area contributed by atoms with E-state index < -0.39 is 0 Å². The van der Waals surface area contributed by atoms with Crippen LogP contribution in [0.5, 0.6) is 5.88 Å². The molecule has 1 fully saturated rings. The lowest BCUT2D eigenvalue weighted by Gasteiger charge is -2.28. The van der Waals surface area contributed by atoms with Crippen molar-refractivity contribution in [2.75, 3.05) is 37.4 Å². The predicted octanol–water partition coefficient (Wildman–Crippen LogP) is 5.09. The molecule has 1 saturated heterocycles. The molecule has 1 aliphatic rings. The minimum atomic E-state index is -0.222. The Balaban J connectivity index is 1.35. The zero-order valence-corrected chi connectivity index (χ0v) is 20.5. The molecule has 0 unspecified atom stereocenters. The molecule has 1 aliphatic heterocycles. The zero-order chi connectivity index (χ0) is 24.6. The molecule has 3 heterocycles. The van der Waals surface area contributed by atoms with E-state index in [0.29, 0.717) is 36.3 Å². The number of allylic oxidation sites excluding steroid dienone is 1. The zero-order valence-electron chi connectivity index (χ0n) is 20.5. The van der Waals surface area contributed by atoms with Crippen molar-refractivity contribution in [3.63, 3.8) is 0 Å². The normalized spacial score (nSPS) is 14.3. The Morgan fingerprint density at radius 2 is 1.89 bits per heavy atom. The number of likely N-dealkylation sites (tertiary alicyclic amines) is 1. The smallest absolute Gasteiger partial charge is 0.259 e. The first-order valence-corrected chi connectivity index (χ1v) is 12.0. The van der Waals surface area contributed by atoms with E-state index in [2.05, 4.69) is 39.1 Å². The highest BCUT2D eigenvalue weighted by Crippen LogP contribution is 2.20. The quantitative estimate of drug-likeness (QED) is 0.452. The number of carbonyl (C=O) groups excluding carboxylic acids is 1. The second kappa shape index (κ2) is 11.6. The van der Waals surface area contributed by atoms with Gasteiger partial charge in [-0.25, -0.2) is 9.97 Å². The van der Waals surface area contributed by atoms with Crippen molar-refractivity contribution >= 4 is 23.0 Å². The van der Waals surface area contributed by atoms with Crippen molar-refractivity contribution in [2.24, 2.45) is 5.92 Å². The number of anilines is 2. The highest BCUT2D eigenvalue weighted by atomic mass is 16.5. The number of hydrogen-bond donors (Lipinski definition) is 2. The van der Waals surface area contributed by atoms with Crippen LogP contribution in [0.25, 0.3) is 5.57 Å². The van der Waals surface area contributed by atoms with Gasteiger partial charge in [0.25, 0.3) is 5.91 Å². The van der Waals surface area contributed by atoms with E-state index in [1.165, 1.54) is 0 Å². The topological polar surface area (TPSA) is 79.4 Å². The summed E-state index contributed by atoms with van der Waals surface area (Å²) in [4.78, 5) is 24.0. The Kier molecular flexibility index (Phi) is 8.11. The van der Waals surface area contributed by atoms with Gasteiger partial charge in [0.1, 0.15) is 5.82 Å². The van der Waals surface area contributed by atoms with Gasteiger partial charge < -0.3 is 20.3 Å². The van der Waals surface area contributed by atoms with Crippen molar-refractivity contribution in [2.45, 2.75) is 26.3 Å². The van der Waals surface area contributed by atoms with Crippen LogP contribution in [-0.2, 0) is 6.54 Å². The average Bonchev–Trinajstić information content (AvgIpc) is 2.88. The summed E-state index contributed by atoms with van der Waals surface area (Å²) >= 11 is 0. The maximum Gasteiger partial charge on any atom is 0.259 e. The van der Waals surface area contributed by atoms with Crippen LogP contribution in [0.2, 0.25) is 0 Å². The largest absolute Gasteiger partial charge is 0.477 e. The summed E-state index contributed by atoms with van der Waals surface area (Å²) in [6.45, 7) is 9.32. The third-order valence-electron chi connectivity index (χ3n) is 6.25. The van der Waals surface area contributed by atoms with Gasteiger partial charge in [-0.2, -0.15) is 0 Å². The number of nitrogens with one attached hydrogen (secondary N) is 2. The Hall–Kier alpha value is -3.71. The molecule has 3 aromatic rings. The molecule has 35 heavy (non-hydrogen) atoms. The van der Waals surface area contributed by atoms with Crippen LogP contribution in [0.4, 0.5) is 11.5 Å². The van der Waals surface area contributed by atoms with E-state index in [4.69, 9.17) is 4.74 Å². The van der Waals surface area contributed by atoms with Gasteiger partial charge in [-0.15, -0.1) is 0 Å². The summed E-state index contributed by atoms with van der Waals surface area (Å²) in [5.74, 6) is 1.50. The van der Waals surface area contributed by atoms with Crippen molar-refractivity contribution < 1.29 is 9.53 Å². The summed E-state index contributed by atoms with van der Waals surface area (Å²) in [5.41, 5.74) is 4.22. The lowest BCUT2D eigenvalue weighted by molar-refractivity contribution is 0.102. The van der Waals surface area contributed by atoms with Gasteiger partial charge in [-0.3, -0.25) is 4.79 Å². The highest BCUT2D eigenvalue weighted by molar-refractivity contribution is 6.07. The van der Waals surface area contributed by atoms with E-state index in [9.17, 15) is 4.79 Å². The summed E-state index contributed by atoms with van der Waals surface area (Å²) in [6, 6.07) is 15.0. The molecule has 1 amide bonds. The molecule has 4 rings (SSSR count). The van der Waals surface area contributed by atoms with Gasteiger partial charge in [0.2, 0.25) is 5.88 Å². The minimum absolute atomic E-state index is 0.222. The van der Waals surface area contributed by atoms with Crippen molar-refractivity contribution in [3.05, 3.63) is 84.2 Å². The molecular formula is C28H33N5O2. The van der Waals surface area contributed by atoms with Gasteiger partial charge >= 0.3 is 0 Å². The molecule has 2 N–H and O–H groups in total. The second-order valence-electron chi connectivity index (χ2n) is 9.12. The highest BCUT2D eigenvalue weighted by Gasteiger charge is 2.17. The van der Waals surface area contributed by atoms with Gasteiger partial charge in [0.05, 0.1) is 12.2 Å². The molecule has 0 saturated carbocycles. The number of rotatable bonds is 9. The van der Waals surface area contributed by atoms with Crippen LogP contribution in [0.1, 0.15) is 41.3 Å². The Labute approximate surface area is 207 Å². The first-order valence-electron chi connectivity index (χ1n) is 12.0. The van der Waals surface area contributed by atoms with Gasteiger partial charge in [0.15, 0.2) is 0 Å². The molecule has 0 spiro atoms. The van der Waals surface area contributed by atoms with E-state index in [1.807, 2.05) is 43.3 Å². The minimum Gasteiger partial charge on any atom is -0.477 e. The molecule has 2 aromatic heterocycles. The molecule has 0 atom stereocenters. The van der Waals surface area contributed by atoms with Crippen LogP contribution < -0.4 is 15.4 Å². The molecule has 1 aromatic carbocycles. The fraction of sp³-hybridized carbons (Fsp3) is 0.321. The molecule has 182 valence electrons. The summed E-state index contributed by atoms with van der Waals surface area (Å²) in [7, 11) is 2.16. The first-order chi connectivity index (χ1) is 17.0. The number of piperidine rings is 1. The summed E-state index contributed by atoms with van der Waals surface area (Å²) in [5, 5.41) is 6.23. The Morgan fingerprint density at radius 3 is 2.63 bits per heavy atom. The summed E-state index contributed by atoms with van der Waals surface area (Å²) < 4.78 is 5.98. The van der Waals surface area contributed by atoms with Crippen molar-refractivity contribution in [3.8, 4) is 5.88 Å². The monoisotopic (exact) mass is 471 g/mol. The van der Waals surface area contributed by atoms with E-state index in [-0.39, 0.29) is 5.91 Å². The standard InChI is InChI=1S/C28H33N5O2/c1-20(2)23-6-8-24(9-7-23)32-28(34)25-5-4-13-30-27(25)31-18-22-10-14-29-26(17-22)35-19-21-11-15-33(3)16-12-21/h4-10,13-14,17,21H,1,11-12,15-16,18-19H2,2-3H3,(H,30,31)(H,32,34). The van der Waals surface area contributed by atoms with E-state index in [0.717, 1.165) is 48.3 Å². The molecule has 0 bridgehead atoms. The molecular weight excluding hydrogens is 438 g/mol. The number of carbonyl (C=O) groups is 1. The first kappa shape index (κ1) is 24.4. The predicted molar refractivity (Wildman–Crippen MR) is 141 cm³/mol. The van der Waals surface area contributed by atoms with E-state index in [1.54, 1.807) is 24.5 Å². The number of nitrogens with zero attached hydrogens (tertiary/aromatic N) is 3. The maximum absolute atomic E-state index is 12.9. The van der Waals surface area contributed by atoms with Crippen LogP contribution >= 0.6 is 0 Å². The third kappa shape index (κ3) is 6.90. The van der Waals surface area contributed by atoms with Crippen LogP contribution in [0.15, 0.2) is 67.5 Å².